The molecule has 14 heavy (non-hydrogen) atoms. The third kappa shape index (κ3) is 1.44. The summed E-state index contributed by atoms with van der Waals surface area (Å²) in [6.07, 6.45) is 0. The van der Waals surface area contributed by atoms with Gasteiger partial charge < -0.3 is 10.6 Å². The Bertz CT molecular complexity index is 421. The van der Waals surface area contributed by atoms with Crippen molar-refractivity contribution >= 4 is 16.7 Å². The molecule has 0 aliphatic rings. The Morgan fingerprint density at radius 3 is 3.00 bits per heavy atom. The molecule has 4 nitrogen and oxygen atoms in total. The highest BCUT2D eigenvalue weighted by molar-refractivity contribution is 5.89. The van der Waals surface area contributed by atoms with Crippen LogP contribution in [0.15, 0.2) is 24.3 Å². The molecule has 0 bridgehead atoms. The Kier molecular flexibility index (Phi) is 2.37. The number of H-pyrrole nitrogens is 1. The van der Waals surface area contributed by atoms with Crippen LogP contribution in [0.5, 0.6) is 0 Å². The Balaban J connectivity index is 2.42. The maximum absolute atomic E-state index is 5.50. The molecule has 0 spiro atoms. The monoisotopic (exact) mass is 190 g/mol. The second-order valence-electron chi connectivity index (χ2n) is 3.30. The number of aromatic nitrogens is 2. The van der Waals surface area contributed by atoms with E-state index in [0.29, 0.717) is 6.54 Å². The number of fused-ring (bicyclic) bond motifs is 1. The first-order valence-corrected chi connectivity index (χ1v) is 4.67. The van der Waals surface area contributed by atoms with Crippen molar-refractivity contribution in [2.45, 2.75) is 0 Å². The van der Waals surface area contributed by atoms with Crippen molar-refractivity contribution in [2.24, 2.45) is 5.73 Å². The highest BCUT2D eigenvalue weighted by Crippen LogP contribution is 2.21. The van der Waals surface area contributed by atoms with Gasteiger partial charge in [0, 0.05) is 25.5 Å². The topological polar surface area (TPSA) is 57.9 Å². The minimum Gasteiger partial charge on any atom is -0.356 e. The maximum Gasteiger partial charge on any atom is 0.158 e. The van der Waals surface area contributed by atoms with Gasteiger partial charge in [0.25, 0.3) is 0 Å². The van der Waals surface area contributed by atoms with Crippen LogP contribution < -0.4 is 10.6 Å². The molecule has 1 heterocycles. The quantitative estimate of drug-likeness (QED) is 0.757. The number of anilines is 1. The molecule has 4 heteroatoms. The number of aromatic amines is 1. The number of nitrogens with one attached hydrogen (secondary N) is 1. The highest BCUT2D eigenvalue weighted by Gasteiger charge is 2.07. The molecule has 0 unspecified atom stereocenters. The number of rotatable bonds is 3. The van der Waals surface area contributed by atoms with Gasteiger partial charge in [0.2, 0.25) is 0 Å². The molecule has 0 saturated heterocycles. The number of benzene rings is 1. The molecular formula is C10H14N4. The van der Waals surface area contributed by atoms with Crippen molar-refractivity contribution in [3.63, 3.8) is 0 Å². The van der Waals surface area contributed by atoms with E-state index in [-0.39, 0.29) is 0 Å². The molecular weight excluding hydrogens is 176 g/mol. The van der Waals surface area contributed by atoms with Crippen LogP contribution in [0.25, 0.3) is 10.9 Å². The zero-order valence-electron chi connectivity index (χ0n) is 8.20. The van der Waals surface area contributed by atoms with Gasteiger partial charge in [-0.15, -0.1) is 0 Å². The molecule has 0 radical (unpaired) electrons. The Morgan fingerprint density at radius 1 is 1.43 bits per heavy atom. The van der Waals surface area contributed by atoms with Gasteiger partial charge in [0.15, 0.2) is 5.82 Å². The van der Waals surface area contributed by atoms with E-state index in [1.807, 2.05) is 25.2 Å². The van der Waals surface area contributed by atoms with E-state index >= 15 is 0 Å². The fraction of sp³-hybridized carbons (Fsp3) is 0.300. The van der Waals surface area contributed by atoms with Crippen LogP contribution in [0, 0.1) is 0 Å². The largest absolute Gasteiger partial charge is 0.356 e. The SMILES string of the molecule is CN(CCN)c1n[nH]c2ccccc12. The first-order valence-electron chi connectivity index (χ1n) is 4.67. The van der Waals surface area contributed by atoms with Crippen molar-refractivity contribution in [2.75, 3.05) is 25.0 Å². The summed E-state index contributed by atoms with van der Waals surface area (Å²) in [5.74, 6) is 0.964. The van der Waals surface area contributed by atoms with Crippen molar-refractivity contribution in [3.05, 3.63) is 24.3 Å². The zero-order valence-corrected chi connectivity index (χ0v) is 8.20. The molecule has 0 atom stereocenters. The summed E-state index contributed by atoms with van der Waals surface area (Å²) in [5, 5.41) is 8.40. The number of hydrogen-bond donors (Lipinski definition) is 2. The minimum absolute atomic E-state index is 0.637. The van der Waals surface area contributed by atoms with Gasteiger partial charge in [-0.1, -0.05) is 12.1 Å². The molecule has 74 valence electrons. The summed E-state index contributed by atoms with van der Waals surface area (Å²) in [4.78, 5) is 2.05. The number of hydrogen-bond acceptors (Lipinski definition) is 3. The van der Waals surface area contributed by atoms with Gasteiger partial charge in [-0.25, -0.2) is 0 Å². The third-order valence-electron chi connectivity index (χ3n) is 2.28. The second kappa shape index (κ2) is 3.67. The van der Waals surface area contributed by atoms with Crippen molar-refractivity contribution in [3.8, 4) is 0 Å². The van der Waals surface area contributed by atoms with Crippen LogP contribution >= 0.6 is 0 Å². The van der Waals surface area contributed by atoms with Crippen LogP contribution in [0.2, 0.25) is 0 Å². The Labute approximate surface area is 82.7 Å². The molecule has 0 aliphatic heterocycles. The van der Waals surface area contributed by atoms with Gasteiger partial charge in [-0.2, -0.15) is 5.10 Å². The summed E-state index contributed by atoms with van der Waals surface area (Å²) in [7, 11) is 2.00. The standard InChI is InChI=1S/C10H14N4/c1-14(7-6-11)10-8-4-2-3-5-9(8)12-13-10/h2-5H,6-7,11H2,1H3,(H,12,13). The molecule has 1 aromatic carbocycles. The highest BCUT2D eigenvalue weighted by atomic mass is 15.3. The maximum atomic E-state index is 5.50. The summed E-state index contributed by atoms with van der Waals surface area (Å²) in [6, 6.07) is 8.08. The van der Waals surface area contributed by atoms with E-state index in [4.69, 9.17) is 5.73 Å². The fourth-order valence-corrected chi connectivity index (χ4v) is 1.54. The number of nitrogens with two attached hydrogens (primary N) is 1. The first-order chi connectivity index (χ1) is 6.83. The van der Waals surface area contributed by atoms with Gasteiger partial charge in [0.1, 0.15) is 0 Å². The zero-order chi connectivity index (χ0) is 9.97. The Morgan fingerprint density at radius 2 is 2.21 bits per heavy atom. The molecule has 0 fully saturated rings. The van der Waals surface area contributed by atoms with Crippen LogP contribution in [0.1, 0.15) is 0 Å². The lowest BCUT2D eigenvalue weighted by molar-refractivity contribution is 0.865. The molecule has 2 rings (SSSR count). The summed E-state index contributed by atoms with van der Waals surface area (Å²) >= 11 is 0. The van der Waals surface area contributed by atoms with Gasteiger partial charge in [0.05, 0.1) is 5.52 Å². The molecule has 0 aliphatic carbocycles. The summed E-state index contributed by atoms with van der Waals surface area (Å²) in [6.45, 7) is 1.45. The normalized spacial score (nSPS) is 10.7. The van der Waals surface area contributed by atoms with E-state index in [1.54, 1.807) is 0 Å². The summed E-state index contributed by atoms with van der Waals surface area (Å²) < 4.78 is 0. The predicted octanol–water partition coefficient (Wildman–Crippen LogP) is 0.958. The average molecular weight is 190 g/mol. The van der Waals surface area contributed by atoms with E-state index in [2.05, 4.69) is 21.2 Å². The van der Waals surface area contributed by atoms with Crippen LogP contribution in [-0.4, -0.2) is 30.3 Å². The minimum atomic E-state index is 0.637. The van der Waals surface area contributed by atoms with Crippen molar-refractivity contribution in [1.29, 1.82) is 0 Å². The number of para-hydroxylation sites is 1. The van der Waals surface area contributed by atoms with Crippen LogP contribution in [-0.2, 0) is 0 Å². The third-order valence-corrected chi connectivity index (χ3v) is 2.28. The van der Waals surface area contributed by atoms with Gasteiger partial charge in [-0.3, -0.25) is 5.10 Å². The Hall–Kier alpha value is -1.55. The second-order valence-corrected chi connectivity index (χ2v) is 3.30. The number of nitrogens with zero attached hydrogens (tertiary/aromatic N) is 2. The smallest absolute Gasteiger partial charge is 0.158 e. The van der Waals surface area contributed by atoms with Gasteiger partial charge >= 0.3 is 0 Å². The lowest BCUT2D eigenvalue weighted by Crippen LogP contribution is -2.25. The van der Waals surface area contributed by atoms with Crippen molar-refractivity contribution in [1.82, 2.24) is 10.2 Å². The summed E-state index contributed by atoms with van der Waals surface area (Å²) in [5.41, 5.74) is 6.56. The van der Waals surface area contributed by atoms with E-state index in [0.717, 1.165) is 23.3 Å². The van der Waals surface area contributed by atoms with E-state index < -0.39 is 0 Å². The fourth-order valence-electron chi connectivity index (χ4n) is 1.54. The lowest BCUT2D eigenvalue weighted by atomic mass is 10.2. The average Bonchev–Trinajstić information content (AvgIpc) is 2.61. The molecule has 0 amide bonds. The molecule has 1 aromatic heterocycles. The molecule has 3 N–H and O–H groups in total. The van der Waals surface area contributed by atoms with E-state index in [9.17, 15) is 0 Å². The first kappa shape index (κ1) is 9.02. The van der Waals surface area contributed by atoms with Crippen molar-refractivity contribution < 1.29 is 0 Å². The molecule has 0 saturated carbocycles. The predicted molar refractivity (Wildman–Crippen MR) is 58.4 cm³/mol. The van der Waals surface area contributed by atoms with Crippen LogP contribution in [0.4, 0.5) is 5.82 Å². The van der Waals surface area contributed by atoms with Gasteiger partial charge in [-0.05, 0) is 12.1 Å². The van der Waals surface area contributed by atoms with Crippen LogP contribution in [0.3, 0.4) is 0 Å². The number of likely N-dealkylation sites (N-methyl/N-ethyl adjacent to an activating group) is 1. The van der Waals surface area contributed by atoms with E-state index in [1.165, 1.54) is 0 Å². The molecule has 2 aromatic rings. The lowest BCUT2D eigenvalue weighted by Gasteiger charge is -2.14.